The molecule has 0 fully saturated rings. The molecule has 0 unspecified atom stereocenters. The molecule has 1 N–H and O–H groups in total. The lowest BCUT2D eigenvalue weighted by atomic mass is 10.0. The van der Waals surface area contributed by atoms with Crippen LogP contribution in [0.25, 0.3) is 21.7 Å². The molecule has 3 aromatic carbocycles. The molecule has 0 aliphatic heterocycles. The molecule has 138 valence electrons. The third-order valence-corrected chi connectivity index (χ3v) is 4.68. The zero-order chi connectivity index (χ0) is 19.5. The van der Waals surface area contributed by atoms with Crippen LogP contribution in [0.15, 0.2) is 66.9 Å². The van der Waals surface area contributed by atoms with Gasteiger partial charge in [-0.2, -0.15) is 4.57 Å². The van der Waals surface area contributed by atoms with Crippen molar-refractivity contribution in [1.29, 1.82) is 0 Å². The fourth-order valence-electron chi connectivity index (χ4n) is 3.37. The summed E-state index contributed by atoms with van der Waals surface area (Å²) in [7, 11) is 1.61. The summed E-state index contributed by atoms with van der Waals surface area (Å²) < 4.78 is 21.5. The van der Waals surface area contributed by atoms with Gasteiger partial charge in [0.2, 0.25) is 5.52 Å². The number of methoxy groups -OCH3 is 1. The Kier molecular flexibility index (Phi) is 4.92. The van der Waals surface area contributed by atoms with Crippen LogP contribution < -0.4 is 9.30 Å². The molecule has 28 heavy (non-hydrogen) atoms. The van der Waals surface area contributed by atoms with E-state index in [1.807, 2.05) is 53.2 Å². The van der Waals surface area contributed by atoms with Gasteiger partial charge in [0.05, 0.1) is 23.4 Å². The van der Waals surface area contributed by atoms with Crippen molar-refractivity contribution in [1.82, 2.24) is 0 Å². The van der Waals surface area contributed by atoms with Gasteiger partial charge in [0.15, 0.2) is 12.7 Å². The Morgan fingerprint density at radius 1 is 1.00 bits per heavy atom. The van der Waals surface area contributed by atoms with E-state index in [9.17, 15) is 9.50 Å². The normalized spacial score (nSPS) is 10.7. The van der Waals surface area contributed by atoms with E-state index in [2.05, 4.69) is 11.8 Å². The average molecular weight is 372 g/mol. The van der Waals surface area contributed by atoms with Crippen LogP contribution in [0.3, 0.4) is 0 Å². The molecule has 4 heteroatoms. The van der Waals surface area contributed by atoms with Crippen molar-refractivity contribution in [3.63, 3.8) is 0 Å². The Morgan fingerprint density at radius 3 is 2.57 bits per heavy atom. The van der Waals surface area contributed by atoms with E-state index in [1.165, 1.54) is 12.1 Å². The number of fused-ring (bicyclic) bond motifs is 3. The molecule has 4 rings (SSSR count). The molecule has 0 amide bonds. The van der Waals surface area contributed by atoms with Crippen LogP contribution in [0.2, 0.25) is 0 Å². The van der Waals surface area contributed by atoms with Gasteiger partial charge in [-0.25, -0.2) is 4.39 Å². The first kappa shape index (κ1) is 18.0. The van der Waals surface area contributed by atoms with E-state index in [1.54, 1.807) is 13.2 Å². The minimum absolute atomic E-state index is 0.000416. The Morgan fingerprint density at radius 2 is 1.82 bits per heavy atom. The number of hydrogen-bond acceptors (Lipinski definition) is 2. The summed E-state index contributed by atoms with van der Waals surface area (Å²) in [4.78, 5) is 0. The van der Waals surface area contributed by atoms with Gasteiger partial charge in [0.1, 0.15) is 18.2 Å². The highest BCUT2D eigenvalue weighted by molar-refractivity contribution is 6.05. The maximum Gasteiger partial charge on any atom is 0.213 e. The van der Waals surface area contributed by atoms with Gasteiger partial charge in [-0.1, -0.05) is 30.0 Å². The number of aliphatic hydroxyl groups excluding tert-OH is 1. The summed E-state index contributed by atoms with van der Waals surface area (Å²) in [6.07, 6.45) is 1.95. The number of halogens is 1. The molecule has 0 saturated heterocycles. The second kappa shape index (κ2) is 7.67. The van der Waals surface area contributed by atoms with Crippen LogP contribution in [0, 0.1) is 17.7 Å². The van der Waals surface area contributed by atoms with Gasteiger partial charge in [-0.15, -0.1) is 0 Å². The van der Waals surface area contributed by atoms with Crippen LogP contribution in [0.5, 0.6) is 5.75 Å². The summed E-state index contributed by atoms with van der Waals surface area (Å²) >= 11 is 0. The van der Waals surface area contributed by atoms with Crippen LogP contribution in [-0.2, 0) is 6.54 Å². The van der Waals surface area contributed by atoms with Crippen molar-refractivity contribution < 1.29 is 18.8 Å². The number of aliphatic hydroxyl groups is 1. The molecule has 0 saturated carbocycles. The smallest absolute Gasteiger partial charge is 0.213 e. The first-order chi connectivity index (χ1) is 13.7. The SMILES string of the molecule is COc1cc2c[n+](CCO)c3ccc(F)cc3c2cc1C#Cc1ccccc1. The van der Waals surface area contributed by atoms with Crippen molar-refractivity contribution in [3.8, 4) is 17.6 Å². The predicted octanol–water partition coefficient (Wildman–Crippen LogP) is 3.82. The highest BCUT2D eigenvalue weighted by atomic mass is 19.1. The number of nitrogens with zero attached hydrogens (tertiary/aromatic N) is 1. The molecule has 0 radical (unpaired) electrons. The molecule has 1 heterocycles. The molecule has 0 aliphatic carbocycles. The maximum atomic E-state index is 14.0. The number of pyridine rings is 1. The fraction of sp³-hybridized carbons (Fsp3) is 0.125. The van der Waals surface area contributed by atoms with Gasteiger partial charge < -0.3 is 9.84 Å². The molecule has 0 atom stereocenters. The van der Waals surface area contributed by atoms with Crippen molar-refractivity contribution >= 4 is 21.7 Å². The highest BCUT2D eigenvalue weighted by Crippen LogP contribution is 2.30. The van der Waals surface area contributed by atoms with Crippen molar-refractivity contribution in [2.24, 2.45) is 0 Å². The first-order valence-electron chi connectivity index (χ1n) is 9.01. The lowest BCUT2D eigenvalue weighted by Gasteiger charge is -2.09. The van der Waals surface area contributed by atoms with Crippen LogP contribution in [0.4, 0.5) is 4.39 Å². The van der Waals surface area contributed by atoms with Gasteiger partial charge in [-0.3, -0.25) is 0 Å². The minimum Gasteiger partial charge on any atom is -0.495 e. The second-order valence-electron chi connectivity index (χ2n) is 6.46. The Labute approximate surface area is 162 Å². The predicted molar refractivity (Wildman–Crippen MR) is 108 cm³/mol. The van der Waals surface area contributed by atoms with E-state index in [4.69, 9.17) is 4.74 Å². The zero-order valence-electron chi connectivity index (χ0n) is 15.4. The Balaban J connectivity index is 1.98. The summed E-state index contributed by atoms with van der Waals surface area (Å²) in [6, 6.07) is 18.3. The van der Waals surface area contributed by atoms with E-state index in [-0.39, 0.29) is 12.4 Å². The Bertz CT molecular complexity index is 1220. The molecule has 1 aromatic heterocycles. The molecular formula is C24H19FNO2+. The van der Waals surface area contributed by atoms with Crippen LogP contribution in [-0.4, -0.2) is 18.8 Å². The molecular weight excluding hydrogens is 353 g/mol. The molecule has 0 aliphatic rings. The van der Waals surface area contributed by atoms with Crippen LogP contribution >= 0.6 is 0 Å². The number of aromatic nitrogens is 1. The molecule has 4 aromatic rings. The quantitative estimate of drug-likeness (QED) is 0.337. The van der Waals surface area contributed by atoms with Crippen molar-refractivity contribution in [2.45, 2.75) is 6.54 Å². The van der Waals surface area contributed by atoms with E-state index >= 15 is 0 Å². The van der Waals surface area contributed by atoms with E-state index < -0.39 is 0 Å². The van der Waals surface area contributed by atoms with Gasteiger partial charge >= 0.3 is 0 Å². The minimum atomic E-state index is -0.303. The number of ether oxygens (including phenoxy) is 1. The summed E-state index contributed by atoms with van der Waals surface area (Å²) in [5.74, 6) is 6.68. The zero-order valence-corrected chi connectivity index (χ0v) is 15.4. The summed E-state index contributed by atoms with van der Waals surface area (Å²) in [6.45, 7) is 0.427. The van der Waals surface area contributed by atoms with E-state index in [0.717, 1.165) is 32.8 Å². The number of benzene rings is 3. The monoisotopic (exact) mass is 372 g/mol. The van der Waals surface area contributed by atoms with Gasteiger partial charge in [0, 0.05) is 17.0 Å². The average Bonchev–Trinajstić information content (AvgIpc) is 2.72. The first-order valence-corrected chi connectivity index (χ1v) is 9.01. The molecule has 3 nitrogen and oxygen atoms in total. The fourth-order valence-corrected chi connectivity index (χ4v) is 3.37. The highest BCUT2D eigenvalue weighted by Gasteiger charge is 2.16. The third-order valence-electron chi connectivity index (χ3n) is 4.68. The summed E-state index contributed by atoms with van der Waals surface area (Å²) in [5, 5.41) is 12.0. The molecule has 0 spiro atoms. The maximum absolute atomic E-state index is 14.0. The third kappa shape index (κ3) is 3.40. The van der Waals surface area contributed by atoms with Crippen molar-refractivity contribution in [2.75, 3.05) is 13.7 Å². The van der Waals surface area contributed by atoms with Crippen LogP contribution in [0.1, 0.15) is 11.1 Å². The second-order valence-corrected chi connectivity index (χ2v) is 6.46. The Hall–Kier alpha value is -3.42. The number of hydrogen-bond donors (Lipinski definition) is 1. The molecule has 0 bridgehead atoms. The lowest BCUT2D eigenvalue weighted by Crippen LogP contribution is -2.36. The lowest BCUT2D eigenvalue weighted by molar-refractivity contribution is -0.671. The van der Waals surface area contributed by atoms with Gasteiger partial charge in [-0.05, 0) is 36.4 Å². The largest absolute Gasteiger partial charge is 0.495 e. The standard InChI is InChI=1S/C24H19FNO2/c1-28-24-14-19-16-26(11-12-27)23-10-9-20(25)15-22(23)21(19)13-18(24)8-7-17-5-3-2-4-6-17/h2-6,9-10,13-16,27H,11-12H2,1H3/q+1. The van der Waals surface area contributed by atoms with Crippen molar-refractivity contribution in [3.05, 3.63) is 83.8 Å². The van der Waals surface area contributed by atoms with Gasteiger partial charge in [0.25, 0.3) is 0 Å². The topological polar surface area (TPSA) is 33.3 Å². The number of rotatable bonds is 3. The summed E-state index contributed by atoms with van der Waals surface area (Å²) in [5.41, 5.74) is 2.51. The van der Waals surface area contributed by atoms with E-state index in [0.29, 0.717) is 12.3 Å².